The van der Waals surface area contributed by atoms with Crippen LogP contribution in [0.3, 0.4) is 0 Å². The van der Waals surface area contributed by atoms with Crippen molar-refractivity contribution in [1.29, 1.82) is 0 Å². The summed E-state index contributed by atoms with van der Waals surface area (Å²) in [4.78, 5) is 10.5. The number of halogens is 1. The van der Waals surface area contributed by atoms with Crippen LogP contribution >= 0.6 is 11.6 Å². The van der Waals surface area contributed by atoms with E-state index in [0.717, 1.165) is 5.56 Å². The first kappa shape index (κ1) is 8.87. The van der Waals surface area contributed by atoms with E-state index in [9.17, 15) is 4.79 Å². The first-order valence-corrected chi connectivity index (χ1v) is 3.79. The Morgan fingerprint density at radius 2 is 1.75 bits per heavy atom. The van der Waals surface area contributed by atoms with Gasteiger partial charge in [-0.25, -0.2) is 0 Å². The summed E-state index contributed by atoms with van der Waals surface area (Å²) in [5, 5.41) is -0.417. The van der Waals surface area contributed by atoms with Gasteiger partial charge in [0.2, 0.25) is 5.24 Å². The predicted molar refractivity (Wildman–Crippen MR) is 49.8 cm³/mol. The number of hydrogen-bond acceptors (Lipinski definition) is 3. The van der Waals surface area contributed by atoms with Gasteiger partial charge in [0.15, 0.2) is 0 Å². The molecule has 12 heavy (non-hydrogen) atoms. The van der Waals surface area contributed by atoms with E-state index in [1.807, 2.05) is 0 Å². The van der Waals surface area contributed by atoms with Crippen molar-refractivity contribution in [3.8, 4) is 0 Å². The van der Waals surface area contributed by atoms with E-state index in [1.54, 1.807) is 18.2 Å². The van der Waals surface area contributed by atoms with Crippen molar-refractivity contribution in [2.75, 3.05) is 11.5 Å². The second-order valence-electron chi connectivity index (χ2n) is 2.54. The fourth-order valence-electron chi connectivity index (χ4n) is 1.01. The number of hydrogen-bond donors (Lipinski definition) is 2. The third-order valence-electron chi connectivity index (χ3n) is 1.38. The Bertz CT molecular complexity index is 292. The zero-order chi connectivity index (χ0) is 9.14. The van der Waals surface area contributed by atoms with Crippen LogP contribution < -0.4 is 11.5 Å². The van der Waals surface area contributed by atoms with Crippen molar-refractivity contribution in [2.45, 2.75) is 6.42 Å². The largest absolute Gasteiger partial charge is 0.399 e. The standard InChI is InChI=1S/C8H9ClN2O/c9-8(12)3-5-1-6(10)4-7(11)2-5/h1-2,4H,3,10-11H2. The molecule has 0 heterocycles. The second-order valence-corrected chi connectivity index (χ2v) is 2.96. The first-order valence-electron chi connectivity index (χ1n) is 3.41. The molecule has 0 unspecified atom stereocenters. The molecule has 0 radical (unpaired) electrons. The molecule has 0 bridgehead atoms. The molecule has 0 aromatic heterocycles. The number of carbonyl (C=O) groups is 1. The highest BCUT2D eigenvalue weighted by Gasteiger charge is 2.00. The quantitative estimate of drug-likeness (QED) is 0.535. The predicted octanol–water partition coefficient (Wildman–Crippen LogP) is 1.16. The molecule has 0 aliphatic carbocycles. The molecular formula is C8H9ClN2O. The molecule has 3 nitrogen and oxygen atoms in total. The van der Waals surface area contributed by atoms with Crippen LogP contribution in [0, 0.1) is 0 Å². The third kappa shape index (κ3) is 2.43. The van der Waals surface area contributed by atoms with Crippen LogP contribution in [0.1, 0.15) is 5.56 Å². The van der Waals surface area contributed by atoms with Crippen molar-refractivity contribution in [1.82, 2.24) is 0 Å². The van der Waals surface area contributed by atoms with E-state index in [2.05, 4.69) is 0 Å². The number of rotatable bonds is 2. The fraction of sp³-hybridized carbons (Fsp3) is 0.125. The van der Waals surface area contributed by atoms with Gasteiger partial charge in [0.25, 0.3) is 0 Å². The van der Waals surface area contributed by atoms with Gasteiger partial charge >= 0.3 is 0 Å². The normalized spacial score (nSPS) is 9.75. The molecule has 0 atom stereocenters. The molecule has 4 N–H and O–H groups in total. The number of nitrogen functional groups attached to an aromatic ring is 2. The topological polar surface area (TPSA) is 69.1 Å². The molecular weight excluding hydrogens is 176 g/mol. The average molecular weight is 185 g/mol. The minimum Gasteiger partial charge on any atom is -0.399 e. The summed E-state index contributed by atoms with van der Waals surface area (Å²) in [5.74, 6) is 0. The van der Waals surface area contributed by atoms with E-state index < -0.39 is 5.24 Å². The number of anilines is 2. The van der Waals surface area contributed by atoms with Crippen LogP contribution in [0.15, 0.2) is 18.2 Å². The van der Waals surface area contributed by atoms with E-state index >= 15 is 0 Å². The maximum atomic E-state index is 10.5. The lowest BCUT2D eigenvalue weighted by atomic mass is 10.1. The zero-order valence-corrected chi connectivity index (χ0v) is 7.14. The highest BCUT2D eigenvalue weighted by Crippen LogP contribution is 2.14. The van der Waals surface area contributed by atoms with Gasteiger partial charge in [0.1, 0.15) is 0 Å². The van der Waals surface area contributed by atoms with E-state index in [1.165, 1.54) is 0 Å². The van der Waals surface area contributed by atoms with Crippen molar-refractivity contribution >= 4 is 28.2 Å². The Morgan fingerprint density at radius 3 is 2.17 bits per heavy atom. The third-order valence-corrected chi connectivity index (χ3v) is 1.51. The van der Waals surface area contributed by atoms with Gasteiger partial charge in [-0.3, -0.25) is 4.79 Å². The van der Waals surface area contributed by atoms with Gasteiger partial charge in [-0.2, -0.15) is 0 Å². The lowest BCUT2D eigenvalue weighted by molar-refractivity contribution is -0.111. The molecule has 0 saturated carbocycles. The van der Waals surface area contributed by atoms with Gasteiger partial charge in [0.05, 0.1) is 0 Å². The molecule has 1 aromatic rings. The molecule has 0 fully saturated rings. The molecule has 0 aliphatic rings. The van der Waals surface area contributed by atoms with Gasteiger partial charge in [-0.05, 0) is 35.4 Å². The van der Waals surface area contributed by atoms with Crippen LogP contribution in [0.5, 0.6) is 0 Å². The molecule has 64 valence electrons. The van der Waals surface area contributed by atoms with Crippen molar-refractivity contribution in [2.24, 2.45) is 0 Å². The minimum absolute atomic E-state index is 0.163. The van der Waals surface area contributed by atoms with Crippen molar-refractivity contribution < 1.29 is 4.79 Å². The van der Waals surface area contributed by atoms with E-state index in [-0.39, 0.29) is 6.42 Å². The molecule has 1 rings (SSSR count). The zero-order valence-electron chi connectivity index (χ0n) is 6.38. The van der Waals surface area contributed by atoms with Gasteiger partial charge < -0.3 is 11.5 Å². The Morgan fingerprint density at radius 1 is 1.25 bits per heavy atom. The number of benzene rings is 1. The maximum Gasteiger partial charge on any atom is 0.226 e. The highest BCUT2D eigenvalue weighted by molar-refractivity contribution is 6.63. The van der Waals surface area contributed by atoms with Gasteiger partial charge in [0, 0.05) is 17.8 Å². The van der Waals surface area contributed by atoms with E-state index in [0.29, 0.717) is 11.4 Å². The molecule has 0 saturated heterocycles. The van der Waals surface area contributed by atoms with Gasteiger partial charge in [-0.15, -0.1) is 0 Å². The average Bonchev–Trinajstić information content (AvgIpc) is 1.81. The molecule has 0 spiro atoms. The summed E-state index contributed by atoms with van der Waals surface area (Å²) >= 11 is 5.20. The summed E-state index contributed by atoms with van der Waals surface area (Å²) in [6.07, 6.45) is 0.163. The molecule has 1 aromatic carbocycles. The van der Waals surface area contributed by atoms with Crippen LogP contribution in [-0.2, 0) is 11.2 Å². The van der Waals surface area contributed by atoms with E-state index in [4.69, 9.17) is 23.1 Å². The first-order chi connectivity index (χ1) is 5.58. The SMILES string of the molecule is Nc1cc(N)cc(CC(=O)Cl)c1. The second kappa shape index (κ2) is 3.45. The minimum atomic E-state index is -0.417. The summed E-state index contributed by atoms with van der Waals surface area (Å²) in [5.41, 5.74) is 12.8. The van der Waals surface area contributed by atoms with Crippen LogP contribution in [0.4, 0.5) is 11.4 Å². The maximum absolute atomic E-state index is 10.5. The lowest BCUT2D eigenvalue weighted by Crippen LogP contribution is -1.97. The summed E-state index contributed by atoms with van der Waals surface area (Å²) < 4.78 is 0. The van der Waals surface area contributed by atoms with Crippen LogP contribution in [-0.4, -0.2) is 5.24 Å². The number of nitrogens with two attached hydrogens (primary N) is 2. The molecule has 0 aliphatic heterocycles. The Labute approximate surface area is 75.3 Å². The fourth-order valence-corrected chi connectivity index (χ4v) is 1.16. The Kier molecular flexibility index (Phi) is 2.55. The lowest BCUT2D eigenvalue weighted by Gasteiger charge is -2.01. The van der Waals surface area contributed by atoms with Gasteiger partial charge in [-0.1, -0.05) is 0 Å². The van der Waals surface area contributed by atoms with Crippen molar-refractivity contribution in [3.05, 3.63) is 23.8 Å². The Hall–Kier alpha value is -1.22. The smallest absolute Gasteiger partial charge is 0.226 e. The molecule has 0 amide bonds. The summed E-state index contributed by atoms with van der Waals surface area (Å²) in [6.45, 7) is 0. The van der Waals surface area contributed by atoms with Crippen LogP contribution in [0.25, 0.3) is 0 Å². The van der Waals surface area contributed by atoms with Crippen molar-refractivity contribution in [3.63, 3.8) is 0 Å². The number of carbonyl (C=O) groups excluding carboxylic acids is 1. The highest BCUT2D eigenvalue weighted by atomic mass is 35.5. The monoisotopic (exact) mass is 184 g/mol. The van der Waals surface area contributed by atoms with Crippen LogP contribution in [0.2, 0.25) is 0 Å². The summed E-state index contributed by atoms with van der Waals surface area (Å²) in [7, 11) is 0. The Balaban J connectivity index is 2.93. The summed E-state index contributed by atoms with van der Waals surface area (Å²) in [6, 6.07) is 4.98. The molecule has 4 heteroatoms.